The summed E-state index contributed by atoms with van der Waals surface area (Å²) in [5, 5.41) is 3.26. The van der Waals surface area contributed by atoms with Gasteiger partial charge in [0.1, 0.15) is 5.82 Å². The fraction of sp³-hybridized carbons (Fsp3) is 0.238. The lowest BCUT2D eigenvalue weighted by molar-refractivity contribution is -0.159. The number of hydrogen-bond acceptors (Lipinski definition) is 7. The Morgan fingerprint density at radius 3 is 2.24 bits per heavy atom. The Morgan fingerprint density at radius 2 is 1.71 bits per heavy atom. The van der Waals surface area contributed by atoms with Crippen LogP contribution in [0.2, 0.25) is 0 Å². The summed E-state index contributed by atoms with van der Waals surface area (Å²) in [5.74, 6) is -5.70. The maximum absolute atomic E-state index is 14.6. The summed E-state index contributed by atoms with van der Waals surface area (Å²) in [7, 11) is -3.90. The minimum Gasteiger partial charge on any atom is -0.329 e. The van der Waals surface area contributed by atoms with E-state index in [1.807, 2.05) is 0 Å². The van der Waals surface area contributed by atoms with Crippen molar-refractivity contribution in [1.82, 2.24) is 25.3 Å². The van der Waals surface area contributed by atoms with Crippen LogP contribution in [-0.4, -0.2) is 47.4 Å². The molecule has 3 aromatic rings. The van der Waals surface area contributed by atoms with Gasteiger partial charge in [0.2, 0.25) is 15.8 Å². The van der Waals surface area contributed by atoms with Crippen LogP contribution in [0.5, 0.6) is 0 Å². The molecule has 204 valence electrons. The monoisotopic (exact) mass is 565 g/mol. The molecule has 1 heterocycles. The molecule has 2 amide bonds. The highest BCUT2D eigenvalue weighted by Gasteiger charge is 2.38. The topological polar surface area (TPSA) is 134 Å². The molecule has 2 aromatic carbocycles. The van der Waals surface area contributed by atoms with E-state index in [-0.39, 0.29) is 29.1 Å². The number of rotatable bonds is 8. The predicted molar refractivity (Wildman–Crippen MR) is 117 cm³/mol. The van der Waals surface area contributed by atoms with Crippen LogP contribution in [0.1, 0.15) is 27.4 Å². The van der Waals surface area contributed by atoms with Crippen molar-refractivity contribution in [3.63, 3.8) is 0 Å². The highest BCUT2D eigenvalue weighted by Crippen LogP contribution is 2.29. The fourth-order valence-electron chi connectivity index (χ4n) is 2.96. The number of hydrogen-bond donors (Lipinski definition) is 2. The van der Waals surface area contributed by atoms with Crippen LogP contribution in [-0.2, 0) is 34.1 Å². The molecule has 0 spiro atoms. The van der Waals surface area contributed by atoms with Crippen molar-refractivity contribution in [2.75, 3.05) is 6.26 Å². The van der Waals surface area contributed by atoms with Crippen LogP contribution >= 0.6 is 0 Å². The zero-order valence-electron chi connectivity index (χ0n) is 19.1. The molecule has 0 radical (unpaired) electrons. The SMILES string of the molecule is CS(=O)(=O)N(Cc1ccc(-c2noc(C(F)(F)F)n2)cc1)Cc1ccc(C(=O)NNC(=O)C(F)F)cc1F. The first-order valence-electron chi connectivity index (χ1n) is 10.3. The Balaban J connectivity index is 1.72. The molecule has 10 nitrogen and oxygen atoms in total. The molecule has 0 saturated heterocycles. The number of carbonyl (C=O) groups is 2. The third-order valence-electron chi connectivity index (χ3n) is 4.87. The maximum Gasteiger partial charge on any atom is 0.471 e. The normalized spacial score (nSPS) is 12.1. The molecule has 38 heavy (non-hydrogen) atoms. The van der Waals surface area contributed by atoms with Gasteiger partial charge in [-0.1, -0.05) is 35.5 Å². The number of benzene rings is 2. The van der Waals surface area contributed by atoms with Gasteiger partial charge in [-0.2, -0.15) is 31.2 Å². The van der Waals surface area contributed by atoms with Crippen molar-refractivity contribution in [2.45, 2.75) is 25.7 Å². The number of sulfonamides is 1. The zero-order valence-corrected chi connectivity index (χ0v) is 19.9. The smallest absolute Gasteiger partial charge is 0.329 e. The molecule has 17 heteroatoms. The summed E-state index contributed by atoms with van der Waals surface area (Å²) in [4.78, 5) is 26.0. The van der Waals surface area contributed by atoms with E-state index in [0.717, 1.165) is 28.8 Å². The number of nitrogens with zero attached hydrogens (tertiary/aromatic N) is 3. The molecule has 0 aliphatic rings. The first-order valence-corrected chi connectivity index (χ1v) is 12.1. The van der Waals surface area contributed by atoms with E-state index in [0.29, 0.717) is 5.56 Å². The van der Waals surface area contributed by atoms with Crippen molar-refractivity contribution < 1.29 is 48.9 Å². The van der Waals surface area contributed by atoms with Gasteiger partial charge in [0.15, 0.2) is 0 Å². The van der Waals surface area contributed by atoms with Gasteiger partial charge in [-0.3, -0.25) is 20.4 Å². The molecule has 1 aromatic heterocycles. The van der Waals surface area contributed by atoms with Crippen LogP contribution in [0.4, 0.5) is 26.3 Å². The van der Waals surface area contributed by atoms with Gasteiger partial charge in [-0.25, -0.2) is 12.8 Å². The maximum atomic E-state index is 14.6. The summed E-state index contributed by atoms with van der Waals surface area (Å²) in [6.07, 6.45) is -7.32. The molecule has 0 fully saturated rings. The fourth-order valence-corrected chi connectivity index (χ4v) is 3.72. The quantitative estimate of drug-likeness (QED) is 0.317. The van der Waals surface area contributed by atoms with Crippen LogP contribution in [0.15, 0.2) is 47.0 Å². The van der Waals surface area contributed by atoms with Gasteiger partial charge in [0, 0.05) is 29.8 Å². The lowest BCUT2D eigenvalue weighted by Gasteiger charge is -2.21. The van der Waals surface area contributed by atoms with Crippen LogP contribution in [0, 0.1) is 5.82 Å². The van der Waals surface area contributed by atoms with Crippen molar-refractivity contribution in [3.8, 4) is 11.4 Å². The number of nitrogens with one attached hydrogen (secondary N) is 2. The Morgan fingerprint density at radius 1 is 1.05 bits per heavy atom. The van der Waals surface area contributed by atoms with Crippen molar-refractivity contribution in [3.05, 3.63) is 70.9 Å². The summed E-state index contributed by atoms with van der Waals surface area (Å²) in [5.41, 5.74) is 3.24. The van der Waals surface area contributed by atoms with Gasteiger partial charge in [0.05, 0.1) is 6.26 Å². The number of halogens is 6. The molecule has 0 aliphatic carbocycles. The van der Waals surface area contributed by atoms with E-state index in [1.165, 1.54) is 29.7 Å². The number of hydrazine groups is 1. The van der Waals surface area contributed by atoms with Gasteiger partial charge in [-0.15, -0.1) is 0 Å². The van der Waals surface area contributed by atoms with Gasteiger partial charge >= 0.3 is 24.4 Å². The molecule has 3 rings (SSSR count). The Bertz CT molecular complexity index is 1430. The van der Waals surface area contributed by atoms with E-state index >= 15 is 0 Å². The number of carbonyl (C=O) groups excluding carboxylic acids is 2. The molecule has 0 atom stereocenters. The first kappa shape index (κ1) is 28.6. The highest BCUT2D eigenvalue weighted by molar-refractivity contribution is 7.88. The van der Waals surface area contributed by atoms with Gasteiger partial charge in [-0.05, 0) is 17.7 Å². The van der Waals surface area contributed by atoms with Crippen molar-refractivity contribution in [2.24, 2.45) is 0 Å². The van der Waals surface area contributed by atoms with E-state index in [9.17, 15) is 44.3 Å². The van der Waals surface area contributed by atoms with Crippen LogP contribution in [0.3, 0.4) is 0 Å². The predicted octanol–water partition coefficient (Wildman–Crippen LogP) is 2.88. The lowest BCUT2D eigenvalue weighted by atomic mass is 10.1. The van der Waals surface area contributed by atoms with Crippen molar-refractivity contribution in [1.29, 1.82) is 0 Å². The first-order chi connectivity index (χ1) is 17.6. The summed E-state index contributed by atoms with van der Waals surface area (Å²) >= 11 is 0. The van der Waals surface area contributed by atoms with E-state index in [2.05, 4.69) is 14.7 Å². The third-order valence-corrected chi connectivity index (χ3v) is 6.06. The van der Waals surface area contributed by atoms with Crippen LogP contribution in [0.25, 0.3) is 11.4 Å². The Labute approximate surface area is 210 Å². The highest BCUT2D eigenvalue weighted by atomic mass is 32.2. The lowest BCUT2D eigenvalue weighted by Crippen LogP contribution is -2.44. The van der Waals surface area contributed by atoms with Gasteiger partial charge < -0.3 is 4.52 Å². The molecule has 0 bridgehead atoms. The van der Waals surface area contributed by atoms with E-state index < -0.39 is 52.7 Å². The molecular formula is C21H17F6N5O5S. The average Bonchev–Trinajstić information content (AvgIpc) is 3.34. The summed E-state index contributed by atoms with van der Waals surface area (Å²) in [6, 6.07) is 8.45. The summed E-state index contributed by atoms with van der Waals surface area (Å²) < 4.78 is 107. The molecule has 2 N–H and O–H groups in total. The Hall–Kier alpha value is -3.99. The van der Waals surface area contributed by atoms with Crippen molar-refractivity contribution >= 4 is 21.8 Å². The van der Waals surface area contributed by atoms with E-state index in [1.54, 1.807) is 5.43 Å². The minimum atomic E-state index is -4.82. The molecule has 0 aliphatic heterocycles. The second-order valence-electron chi connectivity index (χ2n) is 7.70. The minimum absolute atomic E-state index is 0.133. The zero-order chi connectivity index (χ0) is 28.3. The number of amides is 2. The third kappa shape index (κ3) is 7.28. The molecule has 0 saturated carbocycles. The largest absolute Gasteiger partial charge is 0.471 e. The Kier molecular flexibility index (Phi) is 8.41. The standard InChI is InChI=1S/C21H17F6N5O5S/c1-38(35,36)32(9-11-2-4-12(5-3-11)17-28-20(37-31-17)21(25,26)27)10-14-7-6-13(8-15(14)22)18(33)29-30-19(34)16(23)24/h2-8,16H,9-10H2,1H3,(H,29,33)(H,30,34). The van der Waals surface area contributed by atoms with E-state index in [4.69, 9.17) is 0 Å². The number of alkyl halides is 5. The number of aromatic nitrogens is 2. The molecule has 0 unspecified atom stereocenters. The van der Waals surface area contributed by atoms with Crippen LogP contribution < -0.4 is 10.9 Å². The second kappa shape index (κ2) is 11.2. The second-order valence-corrected chi connectivity index (χ2v) is 9.68. The van der Waals surface area contributed by atoms with Gasteiger partial charge in [0.25, 0.3) is 5.91 Å². The summed E-state index contributed by atoms with van der Waals surface area (Å²) in [6.45, 7) is -0.712. The molecular weight excluding hydrogens is 548 g/mol. The average molecular weight is 565 g/mol.